The molecule has 1 saturated carbocycles. The molecule has 1 atom stereocenters. The van der Waals surface area contributed by atoms with Crippen molar-refractivity contribution in [2.75, 3.05) is 33.4 Å². The van der Waals surface area contributed by atoms with Gasteiger partial charge in [-0.05, 0) is 71.1 Å². The number of ether oxygens (including phenoxy) is 2. The van der Waals surface area contributed by atoms with Gasteiger partial charge in [0.1, 0.15) is 13.2 Å². The van der Waals surface area contributed by atoms with Crippen LogP contribution in [0.15, 0.2) is 46.2 Å². The van der Waals surface area contributed by atoms with E-state index in [1.165, 1.54) is 6.08 Å². The Morgan fingerprint density at radius 2 is 1.83 bits per heavy atom. The summed E-state index contributed by atoms with van der Waals surface area (Å²) in [6.45, 7) is 10.7. The summed E-state index contributed by atoms with van der Waals surface area (Å²) in [6, 6.07) is 0.280. The zero-order chi connectivity index (χ0) is 25.5. The van der Waals surface area contributed by atoms with Crippen molar-refractivity contribution < 1.29 is 29.0 Å². The minimum atomic E-state index is -0.677. The van der Waals surface area contributed by atoms with Crippen LogP contribution in [0.3, 0.4) is 0 Å². The summed E-state index contributed by atoms with van der Waals surface area (Å²) >= 11 is 0. The maximum atomic E-state index is 13.4. The molecule has 0 bridgehead atoms. The van der Waals surface area contributed by atoms with Crippen molar-refractivity contribution in [2.24, 2.45) is 5.41 Å². The van der Waals surface area contributed by atoms with Crippen LogP contribution in [-0.2, 0) is 23.9 Å². The Morgan fingerprint density at radius 1 is 1.17 bits per heavy atom. The van der Waals surface area contributed by atoms with Crippen LogP contribution in [0.1, 0.15) is 52.9 Å². The van der Waals surface area contributed by atoms with E-state index in [2.05, 4.69) is 11.5 Å². The van der Waals surface area contributed by atoms with E-state index >= 15 is 0 Å². The Balaban J connectivity index is 1.36. The van der Waals surface area contributed by atoms with Crippen LogP contribution < -0.4 is 0 Å². The number of aliphatic hydroxyl groups excluding tert-OH is 1. The average molecular weight is 485 g/mol. The molecule has 2 fully saturated rings. The standard InChI is InChI=1S/C27H36N2O6/c1-6-20-21(14-34-25(20)32)16(2)17(3)23(30)13-28(5)19-7-9-27(10-8-19)11-12-29(26(27)33)22-15-35-24(31)18(22)4/h6,19,23,30H,1,7-15H2,2-5H3/b17-16+/t19?,23-,27?/m0/s1. The summed E-state index contributed by atoms with van der Waals surface area (Å²) in [5, 5.41) is 10.9. The van der Waals surface area contributed by atoms with Gasteiger partial charge in [0.25, 0.3) is 0 Å². The van der Waals surface area contributed by atoms with Gasteiger partial charge in [0.2, 0.25) is 5.91 Å². The predicted octanol–water partition coefficient (Wildman–Crippen LogP) is 2.65. The van der Waals surface area contributed by atoms with Crippen molar-refractivity contribution in [3.05, 3.63) is 46.2 Å². The van der Waals surface area contributed by atoms with Gasteiger partial charge in [-0.3, -0.25) is 4.79 Å². The summed E-state index contributed by atoms with van der Waals surface area (Å²) in [5.41, 5.74) is 3.84. The molecule has 0 aromatic carbocycles. The number of esters is 2. The second-order valence-electron chi connectivity index (χ2n) is 10.3. The summed E-state index contributed by atoms with van der Waals surface area (Å²) < 4.78 is 10.2. The second-order valence-corrected chi connectivity index (χ2v) is 10.3. The van der Waals surface area contributed by atoms with Gasteiger partial charge in [0, 0.05) is 24.7 Å². The molecule has 1 aliphatic carbocycles. The minimum Gasteiger partial charge on any atom is -0.457 e. The number of likely N-dealkylation sites (tertiary alicyclic amines) is 1. The summed E-state index contributed by atoms with van der Waals surface area (Å²) in [7, 11) is 2.02. The highest BCUT2D eigenvalue weighted by Gasteiger charge is 2.50. The topological polar surface area (TPSA) is 96.4 Å². The van der Waals surface area contributed by atoms with Gasteiger partial charge in [-0.1, -0.05) is 12.7 Å². The SMILES string of the molecule is C=CC1=C(/C(C)=C(\C)[C@@H](O)CN(C)C2CCC3(CC2)CCN(C2=C(C)C(=O)OC2)C3=O)COC1=O. The lowest BCUT2D eigenvalue weighted by atomic mass is 9.71. The Hall–Kier alpha value is -2.71. The molecule has 8 heteroatoms. The van der Waals surface area contributed by atoms with Crippen molar-refractivity contribution in [1.29, 1.82) is 0 Å². The molecule has 0 aromatic rings. The van der Waals surface area contributed by atoms with E-state index in [9.17, 15) is 19.5 Å². The Kier molecular flexibility index (Phi) is 7.06. The molecule has 1 amide bonds. The molecule has 35 heavy (non-hydrogen) atoms. The second kappa shape index (κ2) is 9.74. The van der Waals surface area contributed by atoms with Crippen molar-refractivity contribution >= 4 is 17.8 Å². The molecule has 3 aliphatic heterocycles. The first kappa shape index (κ1) is 25.4. The molecule has 0 radical (unpaired) electrons. The molecule has 3 heterocycles. The first-order valence-electron chi connectivity index (χ1n) is 12.4. The number of rotatable bonds is 7. The summed E-state index contributed by atoms with van der Waals surface area (Å²) in [4.78, 5) is 40.9. The Labute approximate surface area is 206 Å². The zero-order valence-electron chi connectivity index (χ0n) is 21.2. The van der Waals surface area contributed by atoms with Crippen LogP contribution in [0.4, 0.5) is 0 Å². The molecule has 0 unspecified atom stereocenters. The maximum absolute atomic E-state index is 13.4. The number of amides is 1. The fraction of sp³-hybridized carbons (Fsp3) is 0.593. The predicted molar refractivity (Wildman–Crippen MR) is 130 cm³/mol. The van der Waals surface area contributed by atoms with Gasteiger partial charge in [-0.25, -0.2) is 9.59 Å². The smallest absolute Gasteiger partial charge is 0.338 e. The van der Waals surface area contributed by atoms with Crippen molar-refractivity contribution in [3.8, 4) is 0 Å². The van der Waals surface area contributed by atoms with Crippen molar-refractivity contribution in [3.63, 3.8) is 0 Å². The molecule has 1 saturated heterocycles. The quantitative estimate of drug-likeness (QED) is 0.555. The number of carbonyl (C=O) groups excluding carboxylic acids is 3. The van der Waals surface area contributed by atoms with Crippen molar-refractivity contribution in [1.82, 2.24) is 9.80 Å². The fourth-order valence-electron chi connectivity index (χ4n) is 5.87. The first-order chi connectivity index (χ1) is 16.6. The van der Waals surface area contributed by atoms with Crippen LogP contribution >= 0.6 is 0 Å². The highest BCUT2D eigenvalue weighted by Crippen LogP contribution is 2.47. The van der Waals surface area contributed by atoms with Crippen molar-refractivity contribution in [2.45, 2.75) is 65.0 Å². The minimum absolute atomic E-state index is 0.125. The van der Waals surface area contributed by atoms with Crippen LogP contribution in [0.2, 0.25) is 0 Å². The lowest BCUT2D eigenvalue weighted by molar-refractivity contribution is -0.138. The molecule has 4 rings (SSSR count). The maximum Gasteiger partial charge on any atom is 0.338 e. The number of nitrogens with zero attached hydrogens (tertiary/aromatic N) is 2. The third-order valence-corrected chi connectivity index (χ3v) is 8.55. The number of likely N-dealkylation sites (N-methyl/N-ethyl adjacent to an activating group) is 1. The van der Waals surface area contributed by atoms with E-state index in [1.807, 2.05) is 20.9 Å². The molecule has 1 spiro atoms. The molecular weight excluding hydrogens is 448 g/mol. The number of hydrogen-bond acceptors (Lipinski definition) is 7. The van der Waals surface area contributed by atoms with E-state index in [0.717, 1.165) is 54.5 Å². The van der Waals surface area contributed by atoms with Gasteiger partial charge < -0.3 is 24.4 Å². The number of cyclic esters (lactones) is 2. The molecule has 8 nitrogen and oxygen atoms in total. The molecular formula is C27H36N2O6. The fourth-order valence-corrected chi connectivity index (χ4v) is 5.87. The lowest BCUT2D eigenvalue weighted by Gasteiger charge is -2.40. The third kappa shape index (κ3) is 4.49. The van der Waals surface area contributed by atoms with Gasteiger partial charge in [-0.2, -0.15) is 0 Å². The van der Waals surface area contributed by atoms with Gasteiger partial charge in [-0.15, -0.1) is 0 Å². The van der Waals surface area contributed by atoms with Crippen LogP contribution in [0.25, 0.3) is 0 Å². The van der Waals surface area contributed by atoms with Gasteiger partial charge >= 0.3 is 11.9 Å². The highest BCUT2D eigenvalue weighted by atomic mass is 16.5. The van der Waals surface area contributed by atoms with Crippen LogP contribution in [-0.4, -0.2) is 78.2 Å². The van der Waals surface area contributed by atoms with Gasteiger partial charge in [0.15, 0.2) is 0 Å². The van der Waals surface area contributed by atoms with Crippen LogP contribution in [0.5, 0.6) is 0 Å². The summed E-state index contributed by atoms with van der Waals surface area (Å²) in [5.74, 6) is -0.579. The van der Waals surface area contributed by atoms with E-state index in [4.69, 9.17) is 9.47 Å². The first-order valence-corrected chi connectivity index (χ1v) is 12.4. The largest absolute Gasteiger partial charge is 0.457 e. The zero-order valence-corrected chi connectivity index (χ0v) is 21.2. The number of aliphatic hydroxyl groups is 1. The third-order valence-electron chi connectivity index (χ3n) is 8.55. The molecule has 0 aromatic heterocycles. The lowest BCUT2D eigenvalue weighted by Crippen LogP contribution is -2.44. The van der Waals surface area contributed by atoms with E-state index in [-0.39, 0.29) is 42.5 Å². The van der Waals surface area contributed by atoms with E-state index in [0.29, 0.717) is 24.2 Å². The average Bonchev–Trinajstić information content (AvgIpc) is 3.49. The molecule has 190 valence electrons. The summed E-state index contributed by atoms with van der Waals surface area (Å²) in [6.07, 6.45) is 5.01. The monoisotopic (exact) mass is 484 g/mol. The molecule has 1 N–H and O–H groups in total. The number of hydrogen-bond donors (Lipinski definition) is 1. The van der Waals surface area contributed by atoms with Crippen LogP contribution in [0, 0.1) is 5.41 Å². The highest BCUT2D eigenvalue weighted by molar-refractivity contribution is 5.96. The Bertz CT molecular complexity index is 1040. The number of carbonyl (C=O) groups is 3. The normalized spacial score (nSPS) is 28.8. The van der Waals surface area contributed by atoms with E-state index < -0.39 is 6.10 Å². The van der Waals surface area contributed by atoms with Gasteiger partial charge in [0.05, 0.1) is 28.4 Å². The Morgan fingerprint density at radius 3 is 2.43 bits per heavy atom. The molecule has 4 aliphatic rings. The van der Waals surface area contributed by atoms with E-state index in [1.54, 1.807) is 11.8 Å².